The molecule has 0 amide bonds. The van der Waals surface area contributed by atoms with Crippen LogP contribution in [0.5, 0.6) is 0 Å². The maximum absolute atomic E-state index is 13.3. The molecule has 1 fully saturated rings. The van der Waals surface area contributed by atoms with E-state index in [-0.39, 0.29) is 17.8 Å². The van der Waals surface area contributed by atoms with Gasteiger partial charge in [-0.1, -0.05) is 12.1 Å². The van der Waals surface area contributed by atoms with Crippen LogP contribution >= 0.6 is 0 Å². The third-order valence-corrected chi connectivity index (χ3v) is 7.14. The molecule has 0 aliphatic heterocycles. The van der Waals surface area contributed by atoms with Gasteiger partial charge >= 0.3 is 10.2 Å². The molecule has 1 saturated carbocycles. The molecule has 0 radical (unpaired) electrons. The van der Waals surface area contributed by atoms with E-state index < -0.39 is 16.0 Å². The monoisotopic (exact) mass is 441 g/mol. The van der Waals surface area contributed by atoms with Crippen LogP contribution in [0.25, 0.3) is 0 Å². The van der Waals surface area contributed by atoms with Crippen LogP contribution in [0.1, 0.15) is 44.9 Å². The van der Waals surface area contributed by atoms with Crippen molar-refractivity contribution in [3.63, 3.8) is 0 Å². The molecule has 8 heteroatoms. The number of benzene rings is 1. The zero-order valence-corrected chi connectivity index (χ0v) is 19.0. The summed E-state index contributed by atoms with van der Waals surface area (Å²) in [4.78, 5) is 2.25. The number of nitrogens with zero attached hydrogens (tertiary/aromatic N) is 2. The van der Waals surface area contributed by atoms with Crippen LogP contribution < -0.4 is 4.72 Å². The Hall–Kier alpha value is -1.48. The Morgan fingerprint density at radius 3 is 2.60 bits per heavy atom. The van der Waals surface area contributed by atoms with Crippen LogP contribution in [0.15, 0.2) is 36.9 Å². The number of halogens is 1. The van der Waals surface area contributed by atoms with E-state index in [1.807, 2.05) is 6.08 Å². The summed E-state index contributed by atoms with van der Waals surface area (Å²) in [6, 6.07) is 5.40. The first-order valence-corrected chi connectivity index (χ1v) is 12.2. The second-order valence-corrected chi connectivity index (χ2v) is 9.78. The van der Waals surface area contributed by atoms with Crippen LogP contribution in [0.3, 0.4) is 0 Å². The fraction of sp³-hybridized carbons (Fsp3) is 0.636. The molecule has 0 unspecified atom stereocenters. The maximum Gasteiger partial charge on any atom is 0.301 e. The van der Waals surface area contributed by atoms with Crippen molar-refractivity contribution in [2.75, 3.05) is 38.5 Å². The lowest BCUT2D eigenvalue weighted by Crippen LogP contribution is -2.43. The number of likely N-dealkylation sites (N-methyl/N-ethyl adjacent to an activating group) is 1. The van der Waals surface area contributed by atoms with Crippen molar-refractivity contribution < 1.29 is 17.5 Å². The van der Waals surface area contributed by atoms with Gasteiger partial charge in [0.15, 0.2) is 0 Å². The molecule has 1 N–H and O–H groups in total. The number of hydrogen-bond acceptors (Lipinski definition) is 4. The van der Waals surface area contributed by atoms with Crippen molar-refractivity contribution in [2.45, 2.75) is 57.1 Å². The fourth-order valence-corrected chi connectivity index (χ4v) is 4.94. The SMILES string of the molecule is C=CCN(C)CCCCCO[C@H]1CC[C@H](N(C)S(=O)(=O)Nc2cccc(F)c2)CC1. The van der Waals surface area contributed by atoms with Crippen molar-refractivity contribution in [1.82, 2.24) is 9.21 Å². The van der Waals surface area contributed by atoms with Gasteiger partial charge in [0, 0.05) is 26.2 Å². The molecule has 0 atom stereocenters. The summed E-state index contributed by atoms with van der Waals surface area (Å²) < 4.78 is 48.4. The lowest BCUT2D eigenvalue weighted by Gasteiger charge is -2.34. The van der Waals surface area contributed by atoms with Crippen LogP contribution in [0.2, 0.25) is 0 Å². The van der Waals surface area contributed by atoms with Crippen molar-refractivity contribution in [3.8, 4) is 0 Å². The van der Waals surface area contributed by atoms with E-state index >= 15 is 0 Å². The Morgan fingerprint density at radius 2 is 1.93 bits per heavy atom. The van der Waals surface area contributed by atoms with Gasteiger partial charge in [-0.2, -0.15) is 12.7 Å². The van der Waals surface area contributed by atoms with Crippen molar-refractivity contribution >= 4 is 15.9 Å². The summed E-state index contributed by atoms with van der Waals surface area (Å²) in [6.07, 6.45) is 8.70. The van der Waals surface area contributed by atoms with Crippen LogP contribution in [-0.4, -0.2) is 63.6 Å². The lowest BCUT2D eigenvalue weighted by molar-refractivity contribution is 0.0156. The average Bonchev–Trinajstić information content (AvgIpc) is 2.70. The second-order valence-electron chi connectivity index (χ2n) is 8.05. The summed E-state index contributed by atoms with van der Waals surface area (Å²) in [7, 11) is -0.0411. The highest BCUT2D eigenvalue weighted by molar-refractivity contribution is 7.90. The predicted octanol–water partition coefficient (Wildman–Crippen LogP) is 4.03. The molecule has 0 aromatic heterocycles. The first kappa shape index (κ1) is 24.8. The predicted molar refractivity (Wildman–Crippen MR) is 120 cm³/mol. The number of unbranched alkanes of at least 4 members (excludes halogenated alkanes) is 2. The first-order chi connectivity index (χ1) is 14.3. The Morgan fingerprint density at radius 1 is 1.20 bits per heavy atom. The molecule has 0 heterocycles. The molecule has 1 aromatic rings. The molecule has 0 spiro atoms. The summed E-state index contributed by atoms with van der Waals surface area (Å²) in [5, 5.41) is 0. The number of anilines is 1. The molecular formula is C22H36FN3O3S. The first-order valence-electron chi connectivity index (χ1n) is 10.7. The topological polar surface area (TPSA) is 61.9 Å². The molecular weight excluding hydrogens is 405 g/mol. The van der Waals surface area contributed by atoms with Gasteiger partial charge in [0.2, 0.25) is 0 Å². The second kappa shape index (κ2) is 12.4. The van der Waals surface area contributed by atoms with E-state index in [4.69, 9.17) is 4.74 Å². The molecule has 6 nitrogen and oxygen atoms in total. The van der Waals surface area contributed by atoms with Crippen molar-refractivity contribution in [1.29, 1.82) is 0 Å². The molecule has 30 heavy (non-hydrogen) atoms. The number of hydrogen-bond donors (Lipinski definition) is 1. The van der Waals surface area contributed by atoms with E-state index in [9.17, 15) is 12.8 Å². The van der Waals surface area contributed by atoms with Gasteiger partial charge in [-0.25, -0.2) is 4.39 Å². The van der Waals surface area contributed by atoms with Crippen LogP contribution in [-0.2, 0) is 14.9 Å². The zero-order valence-electron chi connectivity index (χ0n) is 18.2. The van der Waals surface area contributed by atoms with E-state index in [0.29, 0.717) is 0 Å². The van der Waals surface area contributed by atoms with Gasteiger partial charge < -0.3 is 9.64 Å². The van der Waals surface area contributed by atoms with Gasteiger partial charge in [-0.15, -0.1) is 6.58 Å². The Balaban J connectivity index is 1.66. The van der Waals surface area contributed by atoms with Gasteiger partial charge in [0.1, 0.15) is 5.82 Å². The molecule has 0 saturated heterocycles. The van der Waals surface area contributed by atoms with Gasteiger partial charge in [0.05, 0.1) is 11.8 Å². The zero-order chi connectivity index (χ0) is 22.0. The molecule has 1 aromatic carbocycles. The van der Waals surface area contributed by atoms with Crippen molar-refractivity contribution in [2.24, 2.45) is 0 Å². The molecule has 1 aliphatic carbocycles. The molecule has 0 bridgehead atoms. The minimum atomic E-state index is -3.72. The number of ether oxygens (including phenoxy) is 1. The van der Waals surface area contributed by atoms with E-state index in [2.05, 4.69) is 23.2 Å². The minimum Gasteiger partial charge on any atom is -0.378 e. The normalized spacial score (nSPS) is 19.9. The molecule has 2 rings (SSSR count). The molecule has 1 aliphatic rings. The third-order valence-electron chi connectivity index (χ3n) is 5.59. The minimum absolute atomic E-state index is 0.0729. The molecule has 170 valence electrons. The summed E-state index contributed by atoms with van der Waals surface area (Å²) >= 11 is 0. The summed E-state index contributed by atoms with van der Waals surface area (Å²) in [5.41, 5.74) is 0.231. The van der Waals surface area contributed by atoms with Gasteiger partial charge in [0.25, 0.3) is 0 Å². The Kier molecular flexibility index (Phi) is 10.2. The third kappa shape index (κ3) is 8.34. The van der Waals surface area contributed by atoms with Crippen LogP contribution in [0.4, 0.5) is 10.1 Å². The highest BCUT2D eigenvalue weighted by atomic mass is 32.2. The Labute approximate surface area is 181 Å². The summed E-state index contributed by atoms with van der Waals surface area (Å²) in [5.74, 6) is -0.473. The Bertz CT molecular complexity index is 752. The lowest BCUT2D eigenvalue weighted by atomic mass is 9.93. The standard InChI is InChI=1S/C22H36FN3O3S/c1-4-15-25(2)16-6-5-7-17-29-22-13-11-21(12-14-22)26(3)30(27,28)24-20-10-8-9-19(23)18-20/h4,8-10,18,21-22,24H,1,5-7,11-17H2,2-3H3/t21-,22-. The van der Waals surface area contributed by atoms with Gasteiger partial charge in [-0.3, -0.25) is 4.72 Å². The highest BCUT2D eigenvalue weighted by Gasteiger charge is 2.30. The quantitative estimate of drug-likeness (QED) is 0.371. The number of rotatable bonds is 13. The maximum atomic E-state index is 13.3. The summed E-state index contributed by atoms with van der Waals surface area (Å²) in [6.45, 7) is 6.50. The van der Waals surface area contributed by atoms with Crippen molar-refractivity contribution in [3.05, 3.63) is 42.7 Å². The smallest absolute Gasteiger partial charge is 0.301 e. The van der Waals surface area contributed by atoms with Gasteiger partial charge in [-0.05, 0) is 76.7 Å². The van der Waals surface area contributed by atoms with E-state index in [1.165, 1.54) is 28.6 Å². The van der Waals surface area contributed by atoms with E-state index in [0.717, 1.165) is 64.6 Å². The highest BCUT2D eigenvalue weighted by Crippen LogP contribution is 2.27. The largest absolute Gasteiger partial charge is 0.378 e. The number of nitrogens with one attached hydrogen (secondary N) is 1. The average molecular weight is 442 g/mol. The fourth-order valence-electron chi connectivity index (χ4n) is 3.77. The van der Waals surface area contributed by atoms with E-state index in [1.54, 1.807) is 7.05 Å². The van der Waals surface area contributed by atoms with Crippen LogP contribution in [0, 0.1) is 5.82 Å².